The number of cyclic esters (lactones) is 1. The number of hydrogen-bond acceptors (Lipinski definition) is 9. The van der Waals surface area contributed by atoms with E-state index in [0.29, 0.717) is 49.7 Å². The molecule has 3 fully saturated rings. The molecule has 5 amide bonds. The number of fused-ring (bicyclic) bond motifs is 3. The lowest BCUT2D eigenvalue weighted by molar-refractivity contribution is -0.142. The molecule has 5 aliphatic rings. The van der Waals surface area contributed by atoms with Crippen molar-refractivity contribution >= 4 is 46.0 Å². The highest BCUT2D eigenvalue weighted by molar-refractivity contribution is 7.90. The van der Waals surface area contributed by atoms with E-state index in [1.54, 1.807) is 6.07 Å². The van der Waals surface area contributed by atoms with Gasteiger partial charge in [-0.15, -0.1) is 13.0 Å². The number of nitrogens with one attached hydrogen (secondary N) is 3. The molecule has 0 radical (unpaired) electrons. The molecule has 1 saturated heterocycles. The Labute approximate surface area is 314 Å². The van der Waals surface area contributed by atoms with E-state index in [1.165, 1.54) is 21.9 Å². The lowest BCUT2D eigenvalue weighted by Gasteiger charge is -2.34. The molecule has 1 aromatic carbocycles. The molecule has 3 N–H and O–H groups in total. The fourth-order valence-electron chi connectivity index (χ4n) is 7.66. The van der Waals surface area contributed by atoms with Crippen LogP contribution in [0.2, 0.25) is 0 Å². The number of carbonyl (C=O) groups is 5. The number of carbonyl (C=O) groups excluding carboxylic acids is 5. The Balaban J connectivity index is 1.30. The number of ether oxygens (including phenoxy) is 2. The molecule has 3 heterocycles. The topological polar surface area (TPSA) is 181 Å². The van der Waals surface area contributed by atoms with E-state index in [9.17, 15) is 36.8 Å². The number of allylic oxidation sites excluding steroid dienone is 1. The molecule has 6 rings (SSSR count). The van der Waals surface area contributed by atoms with Crippen LogP contribution in [0.5, 0.6) is 0 Å². The number of rotatable bonds is 8. The maximum atomic E-state index is 14.9. The van der Waals surface area contributed by atoms with Gasteiger partial charge in [-0.2, -0.15) is 0 Å². The van der Waals surface area contributed by atoms with Crippen LogP contribution < -0.4 is 15.4 Å². The van der Waals surface area contributed by atoms with Gasteiger partial charge in [-0.05, 0) is 61.6 Å². The van der Waals surface area contributed by atoms with E-state index < -0.39 is 81.1 Å². The quantitative estimate of drug-likeness (QED) is 0.265. The van der Waals surface area contributed by atoms with Crippen LogP contribution in [-0.4, -0.2) is 90.8 Å². The number of terminal acetylenes is 1. The maximum Gasteiger partial charge on any atom is 0.410 e. The van der Waals surface area contributed by atoms with Crippen molar-refractivity contribution in [2.75, 3.05) is 13.2 Å². The number of sulfonamides is 1. The Bertz CT molecular complexity index is 1850. The van der Waals surface area contributed by atoms with Crippen molar-refractivity contribution < 1.29 is 46.3 Å². The molecular weight excluding hydrogens is 722 g/mol. The standard InChI is InChI=1S/C38H46FN5O9S/c1-3-23(4-2)32(35(46)42-54(50,51)27-15-16-27)40-34(45)31-19-26-20-44(31)36(47)33(25-12-7-5-8-13-25)41-37(48)52-18-10-6-9-11-24-14-17-30(39)29-22-43(21-28(24)29)38(49)53-26/h1,4,9,11,14,17,23,25-27,31-33H,2,5-8,10,12-13,15-16,18-22H2,(H,40,45)(H,41,48)(H,42,46)/b11-9+/t23-,26+,31-,32?,33-/m0/s1. The van der Waals surface area contributed by atoms with Crippen molar-refractivity contribution in [3.8, 4) is 12.3 Å². The van der Waals surface area contributed by atoms with Gasteiger partial charge in [0.05, 0.1) is 37.4 Å². The first-order valence-corrected chi connectivity index (χ1v) is 20.1. The molecule has 0 aromatic heterocycles. The van der Waals surface area contributed by atoms with Crippen molar-refractivity contribution in [2.24, 2.45) is 11.8 Å². The SMILES string of the molecule is C#C[C@@H](C=C)C(NC(=O)[C@@H]1C[C@@H]2CN1C(=O)[C@H](C1CCCCC1)NC(=O)OCCC/C=C/c1ccc(F)c3c1CN(C3)C(=O)O2)C(=O)NS(=O)(=O)C1CC1. The summed E-state index contributed by atoms with van der Waals surface area (Å²) in [5.74, 6) is -2.04. The molecule has 0 spiro atoms. The summed E-state index contributed by atoms with van der Waals surface area (Å²) in [5, 5.41) is 4.56. The van der Waals surface area contributed by atoms with Crippen molar-refractivity contribution in [3.05, 3.63) is 53.4 Å². The average molecular weight is 768 g/mol. The lowest BCUT2D eigenvalue weighted by atomic mass is 9.83. The van der Waals surface area contributed by atoms with Gasteiger partial charge in [0.2, 0.25) is 21.8 Å². The van der Waals surface area contributed by atoms with Crippen LogP contribution in [0.25, 0.3) is 6.08 Å². The van der Waals surface area contributed by atoms with Crippen molar-refractivity contribution in [2.45, 2.75) is 107 Å². The minimum atomic E-state index is -4.02. The predicted octanol–water partition coefficient (Wildman–Crippen LogP) is 3.26. The van der Waals surface area contributed by atoms with Gasteiger partial charge < -0.3 is 25.0 Å². The van der Waals surface area contributed by atoms with Gasteiger partial charge in [0.25, 0.3) is 5.91 Å². The van der Waals surface area contributed by atoms with Gasteiger partial charge in [0, 0.05) is 12.0 Å². The number of benzene rings is 1. The fourth-order valence-corrected chi connectivity index (χ4v) is 8.99. The van der Waals surface area contributed by atoms with E-state index in [2.05, 4.69) is 23.1 Å². The van der Waals surface area contributed by atoms with Crippen LogP contribution in [0.15, 0.2) is 30.9 Å². The number of alkyl carbamates (subject to hydrolysis) is 1. The molecular formula is C38H46FN5O9S. The zero-order valence-electron chi connectivity index (χ0n) is 30.0. The number of hydrogen-bond donors (Lipinski definition) is 3. The predicted molar refractivity (Wildman–Crippen MR) is 194 cm³/mol. The third-order valence-electron chi connectivity index (χ3n) is 10.8. The Morgan fingerprint density at radius 1 is 1.07 bits per heavy atom. The van der Waals surface area contributed by atoms with Crippen LogP contribution in [0.1, 0.15) is 80.9 Å². The van der Waals surface area contributed by atoms with Gasteiger partial charge in [-0.3, -0.25) is 24.0 Å². The zero-order chi connectivity index (χ0) is 38.6. The third-order valence-corrected chi connectivity index (χ3v) is 12.6. The van der Waals surface area contributed by atoms with E-state index in [0.717, 1.165) is 24.8 Å². The maximum absolute atomic E-state index is 14.9. The Morgan fingerprint density at radius 3 is 2.52 bits per heavy atom. The van der Waals surface area contributed by atoms with E-state index >= 15 is 0 Å². The highest BCUT2D eigenvalue weighted by Gasteiger charge is 2.47. The van der Waals surface area contributed by atoms with Crippen LogP contribution in [0, 0.1) is 30.0 Å². The lowest BCUT2D eigenvalue weighted by Crippen LogP contribution is -2.59. The molecule has 290 valence electrons. The van der Waals surface area contributed by atoms with Crippen molar-refractivity contribution in [1.82, 2.24) is 25.2 Å². The molecule has 1 unspecified atom stereocenters. The summed E-state index contributed by atoms with van der Waals surface area (Å²) in [5.41, 5.74) is 1.72. The molecule has 3 aliphatic heterocycles. The van der Waals surface area contributed by atoms with Crippen molar-refractivity contribution in [1.29, 1.82) is 0 Å². The number of amides is 5. The van der Waals surface area contributed by atoms with E-state index in [-0.39, 0.29) is 38.6 Å². The first-order valence-electron chi connectivity index (χ1n) is 18.5. The summed E-state index contributed by atoms with van der Waals surface area (Å²) in [6.07, 6.45) is 13.5. The number of halogens is 1. The first kappa shape index (κ1) is 38.8. The summed E-state index contributed by atoms with van der Waals surface area (Å²) in [7, 11) is -4.02. The third kappa shape index (κ3) is 8.72. The summed E-state index contributed by atoms with van der Waals surface area (Å²) >= 11 is 0. The molecule has 54 heavy (non-hydrogen) atoms. The largest absolute Gasteiger partial charge is 0.450 e. The molecule has 2 saturated carbocycles. The Morgan fingerprint density at radius 2 is 1.81 bits per heavy atom. The van der Waals surface area contributed by atoms with Gasteiger partial charge in [0.15, 0.2) is 0 Å². The summed E-state index contributed by atoms with van der Waals surface area (Å²) in [6, 6.07) is -1.01. The van der Waals surface area contributed by atoms with Gasteiger partial charge >= 0.3 is 12.2 Å². The Hall–Kier alpha value is -4.91. The molecule has 5 atom stereocenters. The second-order valence-electron chi connectivity index (χ2n) is 14.5. The molecule has 14 nitrogen and oxygen atoms in total. The highest BCUT2D eigenvalue weighted by Crippen LogP contribution is 2.33. The minimum Gasteiger partial charge on any atom is -0.450 e. The molecule has 2 aliphatic carbocycles. The highest BCUT2D eigenvalue weighted by atomic mass is 32.2. The normalized spacial score (nSPS) is 25.7. The van der Waals surface area contributed by atoms with Gasteiger partial charge in [0.1, 0.15) is 30.0 Å². The van der Waals surface area contributed by atoms with Crippen LogP contribution in [0.3, 0.4) is 0 Å². The second kappa shape index (κ2) is 16.6. The summed E-state index contributed by atoms with van der Waals surface area (Å²) in [6.45, 7) is 3.50. The van der Waals surface area contributed by atoms with Crippen molar-refractivity contribution in [3.63, 3.8) is 0 Å². The van der Waals surface area contributed by atoms with Crippen LogP contribution >= 0.6 is 0 Å². The average Bonchev–Trinajstić information content (AvgIpc) is 3.79. The van der Waals surface area contributed by atoms with Gasteiger partial charge in [-0.1, -0.05) is 49.5 Å². The molecule has 16 heteroatoms. The van der Waals surface area contributed by atoms with Crippen LogP contribution in [0.4, 0.5) is 14.0 Å². The number of nitrogens with zero attached hydrogens (tertiary/aromatic N) is 2. The van der Waals surface area contributed by atoms with E-state index in [1.807, 2.05) is 16.9 Å². The van der Waals surface area contributed by atoms with Gasteiger partial charge in [-0.25, -0.2) is 22.4 Å². The second-order valence-corrected chi connectivity index (χ2v) is 16.5. The molecule has 1 aromatic rings. The smallest absolute Gasteiger partial charge is 0.410 e. The Kier molecular flexibility index (Phi) is 11.9. The van der Waals surface area contributed by atoms with E-state index in [4.69, 9.17) is 15.9 Å². The first-order chi connectivity index (χ1) is 25.9. The molecule has 4 bridgehead atoms. The summed E-state index contributed by atoms with van der Waals surface area (Å²) < 4.78 is 53.6. The zero-order valence-corrected chi connectivity index (χ0v) is 30.8. The summed E-state index contributed by atoms with van der Waals surface area (Å²) in [4.78, 5) is 71.4. The minimum absolute atomic E-state index is 0.0415. The van der Waals surface area contributed by atoms with Crippen LogP contribution in [-0.2, 0) is 47.0 Å². The fraction of sp³-hybridized carbons (Fsp3) is 0.553. The monoisotopic (exact) mass is 767 g/mol.